The largest absolute Gasteiger partial charge is 0.497 e. The number of ether oxygens (including phenoxy) is 2. The summed E-state index contributed by atoms with van der Waals surface area (Å²) in [6.45, 7) is 12.1. The minimum absolute atomic E-state index is 0.0367. The van der Waals surface area contributed by atoms with E-state index >= 15 is 0 Å². The Hall–Kier alpha value is -5.56. The van der Waals surface area contributed by atoms with E-state index in [4.69, 9.17) is 19.4 Å². The fourth-order valence-electron chi connectivity index (χ4n) is 12.2. The van der Waals surface area contributed by atoms with E-state index in [1.165, 1.54) is 0 Å². The van der Waals surface area contributed by atoms with Crippen LogP contribution in [0.4, 0.5) is 11.4 Å². The number of aromatic nitrogens is 2. The number of hydrogen-bond acceptors (Lipinski definition) is 10. The van der Waals surface area contributed by atoms with Gasteiger partial charge in [-0.2, -0.15) is 0 Å². The van der Waals surface area contributed by atoms with Gasteiger partial charge in [0.1, 0.15) is 11.5 Å². The van der Waals surface area contributed by atoms with Crippen molar-refractivity contribution in [2.75, 3.05) is 51.0 Å². The Morgan fingerprint density at radius 1 is 0.672 bits per heavy atom. The quantitative estimate of drug-likeness (QED) is 0.0902. The minimum Gasteiger partial charge on any atom is -0.497 e. The molecule has 0 amide bonds. The average Bonchev–Trinajstić information content (AvgIpc) is 3.39. The van der Waals surface area contributed by atoms with Crippen LogP contribution in [0.2, 0.25) is 0 Å². The number of nitrogens with zero attached hydrogens (tertiary/aromatic N) is 4. The SMILES string of the molecule is C=C[C@H]1CN2CC[C@H]1C[C@@H]2[C@@H](O)C1=CC(c2nc(-c3ccc(Br)cc3)nc(C3C=C([C@H](O)[C@H]4C[C@@H]5CCN4C[C@@H]5C=C)c4cc(OC)ccc4N3)c2-c2ccccc2)Nc2ccc(OC)cc21. The summed E-state index contributed by atoms with van der Waals surface area (Å²) < 4.78 is 12.5. The summed E-state index contributed by atoms with van der Waals surface area (Å²) in [4.78, 5) is 16.0. The van der Waals surface area contributed by atoms with Crippen molar-refractivity contribution in [1.82, 2.24) is 19.8 Å². The predicted octanol–water partition coefficient (Wildman–Crippen LogP) is 10.2. The molecular weight excluding hydrogens is 901 g/mol. The van der Waals surface area contributed by atoms with Gasteiger partial charge in [0.05, 0.1) is 49.9 Å². The van der Waals surface area contributed by atoms with E-state index in [-0.39, 0.29) is 12.1 Å². The molecule has 9 heterocycles. The monoisotopic (exact) mass is 958 g/mol. The highest BCUT2D eigenvalue weighted by Crippen LogP contribution is 2.49. The van der Waals surface area contributed by atoms with Crippen LogP contribution in [0.15, 0.2) is 133 Å². The summed E-state index contributed by atoms with van der Waals surface area (Å²) in [6.07, 6.45) is 11.1. The molecule has 4 N–H and O–H groups in total. The molecule has 4 unspecified atom stereocenters. The van der Waals surface area contributed by atoms with Gasteiger partial charge in [0, 0.05) is 63.3 Å². The first kappa shape index (κ1) is 44.0. The van der Waals surface area contributed by atoms with Crippen molar-refractivity contribution in [1.29, 1.82) is 0 Å². The van der Waals surface area contributed by atoms with Crippen molar-refractivity contribution in [3.05, 3.63) is 155 Å². The van der Waals surface area contributed by atoms with Gasteiger partial charge in [-0.15, -0.1) is 13.2 Å². The zero-order chi connectivity index (χ0) is 45.9. The third-order valence-corrected chi connectivity index (χ3v) is 16.3. The number of aliphatic hydroxyl groups is 2. The number of aliphatic hydroxyl groups excluding tert-OH is 2. The van der Waals surface area contributed by atoms with E-state index in [9.17, 15) is 10.2 Å². The fourth-order valence-corrected chi connectivity index (χ4v) is 12.5. The molecule has 0 saturated carbocycles. The number of piperidine rings is 6. The lowest BCUT2D eigenvalue weighted by Crippen LogP contribution is -2.57. The summed E-state index contributed by atoms with van der Waals surface area (Å²) in [6, 6.07) is 29.6. The Morgan fingerprint density at radius 2 is 1.16 bits per heavy atom. The highest BCUT2D eigenvalue weighted by Gasteiger charge is 2.46. The van der Waals surface area contributed by atoms with Gasteiger partial charge in [-0.3, -0.25) is 9.80 Å². The highest BCUT2D eigenvalue weighted by atomic mass is 79.9. The molecule has 6 saturated heterocycles. The first-order valence-corrected chi connectivity index (χ1v) is 24.7. The van der Waals surface area contributed by atoms with Gasteiger partial charge in [-0.1, -0.05) is 70.5 Å². The van der Waals surface area contributed by atoms with Gasteiger partial charge < -0.3 is 30.3 Å². The first-order chi connectivity index (χ1) is 32.7. The number of hydrogen-bond donors (Lipinski definition) is 4. The van der Waals surface area contributed by atoms with Gasteiger partial charge in [0.15, 0.2) is 5.82 Å². The second-order valence-electron chi connectivity index (χ2n) is 19.3. The molecule has 10 nitrogen and oxygen atoms in total. The van der Waals surface area contributed by atoms with Gasteiger partial charge in [0.25, 0.3) is 0 Å². The molecule has 0 spiro atoms. The standard InChI is InChI=1S/C56H59BrN6O4/c1-5-32-30-62-22-20-36(32)24-49(62)54(64)43-28-47(58-45-18-16-39(66-3)26-41(43)45)52-51(34-10-8-7-9-11-34)53(61-56(60-52)35-12-14-38(57)15-13-35)48-29-44(42-27-40(67-4)17-19-46(42)59-48)55(65)50-25-37-21-23-63(50)31-33(37)6-2/h5-19,26-29,32-33,36-37,47-50,54-55,58-59,64-65H,1-2,20-25,30-31H2,3-4H3/t32-,33-,36-,37-,47?,48?,49+,50+,54-,55-/m0/s1. The molecule has 12 atom stereocenters. The number of rotatable bonds is 12. The number of benzene rings is 4. The molecule has 67 heavy (non-hydrogen) atoms. The molecule has 4 bridgehead atoms. The highest BCUT2D eigenvalue weighted by molar-refractivity contribution is 9.10. The predicted molar refractivity (Wildman–Crippen MR) is 271 cm³/mol. The summed E-state index contributed by atoms with van der Waals surface area (Å²) >= 11 is 3.65. The molecule has 13 rings (SSSR count). The lowest BCUT2D eigenvalue weighted by molar-refractivity contribution is -0.0254. The normalized spacial score (nSPS) is 28.9. The maximum absolute atomic E-state index is 12.7. The second kappa shape index (κ2) is 18.2. The number of nitrogens with one attached hydrogen (secondary N) is 2. The van der Waals surface area contributed by atoms with E-state index in [0.29, 0.717) is 29.5 Å². The van der Waals surface area contributed by atoms with E-state index in [0.717, 1.165) is 130 Å². The van der Waals surface area contributed by atoms with Crippen molar-refractivity contribution in [3.63, 3.8) is 0 Å². The summed E-state index contributed by atoms with van der Waals surface area (Å²) in [5.74, 6) is 3.88. The maximum atomic E-state index is 12.7. The van der Waals surface area contributed by atoms with Crippen molar-refractivity contribution in [3.8, 4) is 34.0 Å². The lowest BCUT2D eigenvalue weighted by Gasteiger charge is -2.51. The van der Waals surface area contributed by atoms with Crippen LogP contribution in [0.5, 0.6) is 11.5 Å². The van der Waals surface area contributed by atoms with Crippen LogP contribution >= 0.6 is 15.9 Å². The Labute approximate surface area is 402 Å². The fraction of sp³-hybridized carbons (Fsp3) is 0.357. The third kappa shape index (κ3) is 8.02. The number of halogens is 1. The molecular formula is C56H59BrN6O4. The van der Waals surface area contributed by atoms with Crippen LogP contribution in [-0.2, 0) is 0 Å². The molecule has 6 fully saturated rings. The van der Waals surface area contributed by atoms with Crippen molar-refractivity contribution >= 4 is 38.5 Å². The van der Waals surface area contributed by atoms with Crippen molar-refractivity contribution in [2.45, 2.75) is 62.1 Å². The van der Waals surface area contributed by atoms with E-state index in [2.05, 4.69) is 110 Å². The molecule has 4 aromatic carbocycles. The van der Waals surface area contributed by atoms with Crippen molar-refractivity contribution in [2.24, 2.45) is 23.7 Å². The smallest absolute Gasteiger partial charge is 0.159 e. The zero-order valence-corrected chi connectivity index (χ0v) is 39.8. The molecule has 0 aliphatic carbocycles. The van der Waals surface area contributed by atoms with Gasteiger partial charge >= 0.3 is 0 Å². The Bertz CT molecular complexity index is 2620. The third-order valence-electron chi connectivity index (χ3n) is 15.8. The van der Waals surface area contributed by atoms with Gasteiger partial charge in [0.2, 0.25) is 0 Å². The summed E-state index contributed by atoms with van der Waals surface area (Å²) in [5.41, 5.74) is 9.61. The number of methoxy groups -OCH3 is 2. The average molecular weight is 960 g/mol. The van der Waals surface area contributed by atoms with Gasteiger partial charge in [-0.25, -0.2) is 9.97 Å². The molecule has 344 valence electrons. The number of anilines is 2. The summed E-state index contributed by atoms with van der Waals surface area (Å²) in [5, 5.41) is 33.3. The molecule has 5 aromatic rings. The van der Waals surface area contributed by atoms with E-state index < -0.39 is 24.3 Å². The minimum atomic E-state index is -0.760. The Morgan fingerprint density at radius 3 is 1.60 bits per heavy atom. The Kier molecular flexibility index (Phi) is 11.9. The number of fused-ring (bicyclic) bond motifs is 8. The molecule has 11 heteroatoms. The molecule has 8 aliphatic rings. The topological polar surface area (TPSA) is 115 Å². The summed E-state index contributed by atoms with van der Waals surface area (Å²) in [7, 11) is 3.37. The second-order valence-corrected chi connectivity index (χ2v) is 20.2. The van der Waals surface area contributed by atoms with E-state index in [1.54, 1.807) is 14.2 Å². The van der Waals surface area contributed by atoms with Crippen LogP contribution in [-0.4, -0.2) is 94.7 Å². The van der Waals surface area contributed by atoms with Crippen LogP contribution < -0.4 is 20.1 Å². The van der Waals surface area contributed by atoms with E-state index in [1.807, 2.05) is 54.6 Å². The molecule has 0 radical (unpaired) electrons. The molecule has 1 aromatic heterocycles. The maximum Gasteiger partial charge on any atom is 0.159 e. The lowest BCUT2D eigenvalue weighted by atomic mass is 9.72. The first-order valence-electron chi connectivity index (χ1n) is 23.9. The van der Waals surface area contributed by atoms with Crippen molar-refractivity contribution < 1.29 is 19.7 Å². The zero-order valence-electron chi connectivity index (χ0n) is 38.2. The molecule has 8 aliphatic heterocycles. The Balaban J connectivity index is 1.10. The van der Waals surface area contributed by atoms with Crippen LogP contribution in [0.25, 0.3) is 33.7 Å². The van der Waals surface area contributed by atoms with Gasteiger partial charge in [-0.05, 0) is 140 Å². The van der Waals surface area contributed by atoms with Crippen LogP contribution in [0.1, 0.15) is 60.3 Å². The van der Waals surface area contributed by atoms with Crippen LogP contribution in [0, 0.1) is 23.7 Å². The van der Waals surface area contributed by atoms with Crippen LogP contribution in [0.3, 0.4) is 0 Å².